The molecular formula is C24H17NO2. The Bertz CT molecular complexity index is 1160. The zero-order valence-corrected chi connectivity index (χ0v) is 14.6. The Morgan fingerprint density at radius 1 is 0.815 bits per heavy atom. The van der Waals surface area contributed by atoms with Crippen molar-refractivity contribution >= 4 is 28.9 Å². The standard InChI is InChI=1S/C24H17NO2/c26-23(16-21-19-13-7-8-14-22(19)25-24(21)27)20(18-11-5-2-6-12-18)15-17-9-3-1-4-10-17/h1-15H,16H2/b20-15+. The first-order chi connectivity index (χ1) is 13.2. The van der Waals surface area contributed by atoms with E-state index in [2.05, 4.69) is 4.99 Å². The fourth-order valence-corrected chi connectivity index (χ4v) is 3.20. The topological polar surface area (TPSA) is 46.5 Å². The Morgan fingerprint density at radius 3 is 2.19 bits per heavy atom. The van der Waals surface area contributed by atoms with Crippen molar-refractivity contribution in [3.63, 3.8) is 0 Å². The number of hydrogen-bond acceptors (Lipinski definition) is 2. The van der Waals surface area contributed by atoms with Crippen LogP contribution in [0.1, 0.15) is 17.5 Å². The smallest absolute Gasteiger partial charge is 0.274 e. The molecule has 4 rings (SSSR count). The summed E-state index contributed by atoms with van der Waals surface area (Å²) in [7, 11) is 0. The zero-order chi connectivity index (χ0) is 18.6. The summed E-state index contributed by atoms with van der Waals surface area (Å²) in [5, 5.41) is 1.39. The minimum absolute atomic E-state index is 0.0346. The summed E-state index contributed by atoms with van der Waals surface area (Å²) in [6.45, 7) is 0. The van der Waals surface area contributed by atoms with E-state index in [1.165, 1.54) is 0 Å². The van der Waals surface area contributed by atoms with Gasteiger partial charge in [-0.3, -0.25) is 9.59 Å². The summed E-state index contributed by atoms with van der Waals surface area (Å²) in [4.78, 5) is 29.5. The van der Waals surface area contributed by atoms with Crippen LogP contribution in [0.2, 0.25) is 0 Å². The lowest BCUT2D eigenvalue weighted by Gasteiger charge is -2.08. The summed E-state index contributed by atoms with van der Waals surface area (Å²) >= 11 is 0. The van der Waals surface area contributed by atoms with E-state index in [1.807, 2.05) is 84.9 Å². The molecule has 0 saturated heterocycles. The second-order valence-corrected chi connectivity index (χ2v) is 6.35. The maximum atomic E-state index is 13.2. The molecule has 3 nitrogen and oxygen atoms in total. The number of amides is 1. The summed E-state index contributed by atoms with van der Waals surface area (Å²) in [6.07, 6.45) is 1.91. The van der Waals surface area contributed by atoms with Crippen molar-refractivity contribution in [1.29, 1.82) is 0 Å². The van der Waals surface area contributed by atoms with Crippen LogP contribution in [0.25, 0.3) is 17.2 Å². The predicted molar refractivity (Wildman–Crippen MR) is 106 cm³/mol. The maximum Gasteiger partial charge on any atom is 0.274 e. The van der Waals surface area contributed by atoms with Crippen molar-refractivity contribution in [2.24, 2.45) is 4.99 Å². The summed E-state index contributed by atoms with van der Waals surface area (Å²) in [6, 6.07) is 26.6. The highest BCUT2D eigenvalue weighted by molar-refractivity contribution is 6.31. The Labute approximate surface area is 157 Å². The number of para-hydroxylation sites is 1. The van der Waals surface area contributed by atoms with Gasteiger partial charge in [-0.1, -0.05) is 78.9 Å². The Hall–Kier alpha value is -3.59. The quantitative estimate of drug-likeness (QED) is 0.523. The van der Waals surface area contributed by atoms with Gasteiger partial charge in [0.1, 0.15) is 0 Å². The molecule has 0 unspecified atom stereocenters. The van der Waals surface area contributed by atoms with Gasteiger partial charge in [0.15, 0.2) is 5.78 Å². The molecular weight excluding hydrogens is 334 g/mol. The molecule has 130 valence electrons. The molecule has 0 radical (unpaired) electrons. The molecule has 0 aliphatic carbocycles. The van der Waals surface area contributed by atoms with Crippen molar-refractivity contribution in [1.82, 2.24) is 0 Å². The summed E-state index contributed by atoms with van der Waals surface area (Å²) in [5.41, 5.74) is 2.83. The van der Waals surface area contributed by atoms with Crippen LogP contribution in [-0.4, -0.2) is 11.7 Å². The van der Waals surface area contributed by atoms with E-state index >= 15 is 0 Å². The first-order valence-electron chi connectivity index (χ1n) is 8.79. The monoisotopic (exact) mass is 351 g/mol. The molecule has 0 spiro atoms. The molecule has 0 fully saturated rings. The molecule has 1 aliphatic heterocycles. The average Bonchev–Trinajstić information content (AvgIpc) is 3.03. The Morgan fingerprint density at radius 2 is 1.44 bits per heavy atom. The number of allylic oxidation sites excluding steroid dienone is 1. The van der Waals surface area contributed by atoms with Crippen LogP contribution >= 0.6 is 0 Å². The fourth-order valence-electron chi connectivity index (χ4n) is 3.20. The number of rotatable bonds is 5. The molecule has 1 aliphatic rings. The third kappa shape index (κ3) is 3.53. The highest BCUT2D eigenvalue weighted by atomic mass is 16.1. The number of carbonyl (C=O) groups excluding carboxylic acids is 2. The third-order valence-corrected chi connectivity index (χ3v) is 4.54. The van der Waals surface area contributed by atoms with Crippen LogP contribution < -0.4 is 10.6 Å². The number of Topliss-reactive ketones (excluding diaryl/α,β-unsaturated/α-hetero) is 1. The third-order valence-electron chi connectivity index (χ3n) is 4.54. The minimum atomic E-state index is -0.323. The highest BCUT2D eigenvalue weighted by Gasteiger charge is 2.21. The number of ketones is 1. The second-order valence-electron chi connectivity index (χ2n) is 6.35. The second kappa shape index (κ2) is 7.34. The summed E-state index contributed by atoms with van der Waals surface area (Å²) < 4.78 is 0. The van der Waals surface area contributed by atoms with Gasteiger partial charge in [-0.2, -0.15) is 0 Å². The van der Waals surface area contributed by atoms with E-state index in [4.69, 9.17) is 0 Å². The van der Waals surface area contributed by atoms with Crippen LogP contribution in [0, 0.1) is 0 Å². The molecule has 1 heterocycles. The number of carbonyl (C=O) groups is 2. The SMILES string of the molecule is O=C1N=c2ccccc2=C1CC(=O)/C(=C/c1ccccc1)c1ccccc1. The van der Waals surface area contributed by atoms with E-state index in [-0.39, 0.29) is 18.1 Å². The van der Waals surface area contributed by atoms with Gasteiger partial charge in [0.05, 0.1) is 5.36 Å². The van der Waals surface area contributed by atoms with Crippen LogP contribution in [0.15, 0.2) is 89.9 Å². The Kier molecular flexibility index (Phi) is 4.58. The van der Waals surface area contributed by atoms with E-state index in [0.717, 1.165) is 16.3 Å². The average molecular weight is 351 g/mol. The van der Waals surface area contributed by atoms with E-state index < -0.39 is 0 Å². The molecule has 3 aromatic rings. The lowest BCUT2D eigenvalue weighted by atomic mass is 9.94. The first-order valence-corrected chi connectivity index (χ1v) is 8.79. The Balaban J connectivity index is 1.76. The van der Waals surface area contributed by atoms with Gasteiger partial charge < -0.3 is 0 Å². The molecule has 0 atom stereocenters. The number of nitrogens with zero attached hydrogens (tertiary/aromatic N) is 1. The van der Waals surface area contributed by atoms with Gasteiger partial charge in [-0.05, 0) is 23.3 Å². The molecule has 27 heavy (non-hydrogen) atoms. The van der Waals surface area contributed by atoms with Crippen molar-refractivity contribution < 1.29 is 9.59 Å². The predicted octanol–water partition coefficient (Wildman–Crippen LogP) is 3.20. The number of benzene rings is 3. The van der Waals surface area contributed by atoms with E-state index in [1.54, 1.807) is 6.07 Å². The van der Waals surface area contributed by atoms with Crippen LogP contribution in [0.5, 0.6) is 0 Å². The van der Waals surface area contributed by atoms with E-state index in [9.17, 15) is 9.59 Å². The molecule has 0 saturated carbocycles. The van der Waals surface area contributed by atoms with Gasteiger partial charge in [0, 0.05) is 22.8 Å². The zero-order valence-electron chi connectivity index (χ0n) is 14.6. The van der Waals surface area contributed by atoms with Crippen molar-refractivity contribution in [2.75, 3.05) is 0 Å². The molecule has 0 bridgehead atoms. The van der Waals surface area contributed by atoms with Crippen LogP contribution in [0.3, 0.4) is 0 Å². The van der Waals surface area contributed by atoms with Crippen molar-refractivity contribution in [3.05, 3.63) is 107 Å². The van der Waals surface area contributed by atoms with Crippen LogP contribution in [0.4, 0.5) is 0 Å². The highest BCUT2D eigenvalue weighted by Crippen LogP contribution is 2.23. The van der Waals surface area contributed by atoms with Crippen molar-refractivity contribution in [2.45, 2.75) is 6.42 Å². The molecule has 3 heteroatoms. The lowest BCUT2D eigenvalue weighted by molar-refractivity contribution is -0.115. The first kappa shape index (κ1) is 16.9. The van der Waals surface area contributed by atoms with Crippen LogP contribution in [-0.2, 0) is 9.59 Å². The summed E-state index contributed by atoms with van der Waals surface area (Å²) in [5.74, 6) is -0.419. The normalized spacial score (nSPS) is 13.3. The van der Waals surface area contributed by atoms with Gasteiger partial charge in [0.2, 0.25) is 0 Å². The molecule has 3 aromatic carbocycles. The molecule has 0 N–H and O–H groups in total. The fraction of sp³-hybridized carbons (Fsp3) is 0.0417. The number of hydrogen-bond donors (Lipinski definition) is 0. The van der Waals surface area contributed by atoms with Gasteiger partial charge in [0.25, 0.3) is 5.91 Å². The maximum absolute atomic E-state index is 13.2. The minimum Gasteiger partial charge on any atom is -0.294 e. The molecule has 0 aromatic heterocycles. The largest absolute Gasteiger partial charge is 0.294 e. The molecule has 1 amide bonds. The van der Waals surface area contributed by atoms with Gasteiger partial charge >= 0.3 is 0 Å². The van der Waals surface area contributed by atoms with Crippen molar-refractivity contribution in [3.8, 4) is 0 Å². The number of fused-ring (bicyclic) bond motifs is 1. The lowest BCUT2D eigenvalue weighted by Crippen LogP contribution is -2.23. The van der Waals surface area contributed by atoms with Gasteiger partial charge in [-0.15, -0.1) is 0 Å². The van der Waals surface area contributed by atoms with E-state index in [0.29, 0.717) is 16.5 Å². The van der Waals surface area contributed by atoms with Gasteiger partial charge in [-0.25, -0.2) is 4.99 Å².